The number of unbranched alkanes of at least 4 members (excludes halogenated alkanes) is 1. The predicted octanol–water partition coefficient (Wildman–Crippen LogP) is 7.33. The molecule has 2 aromatic carbocycles. The standard InChI is InChI=1S/C33H40FN3O4/c1-2-3-14-30-28(25-15-17-27(18-16-25)40-26-12-8-5-9-13-26)21-32(36-35-30)41-31-19-20-37(22-29(31)34)33(38)39-23-24-10-6-4-7-11-24/h4,6-7,10-11,15-18,21,26,29,31H,2-3,5,8-9,12-14,19-20,22-23H2,1H3. The smallest absolute Gasteiger partial charge is 0.410 e. The maximum Gasteiger partial charge on any atom is 0.410 e. The molecule has 0 radical (unpaired) electrons. The minimum atomic E-state index is -1.37. The Bertz CT molecular complexity index is 1250. The lowest BCUT2D eigenvalue weighted by molar-refractivity contribution is 0.0125. The molecule has 1 aliphatic heterocycles. The topological polar surface area (TPSA) is 73.8 Å². The van der Waals surface area contributed by atoms with Crippen LogP contribution in [0.4, 0.5) is 9.18 Å². The fraction of sp³-hybridized carbons (Fsp3) is 0.485. The summed E-state index contributed by atoms with van der Waals surface area (Å²) in [5.41, 5.74) is 3.72. The van der Waals surface area contributed by atoms with Crippen molar-refractivity contribution >= 4 is 6.09 Å². The van der Waals surface area contributed by atoms with Crippen molar-refractivity contribution in [2.75, 3.05) is 13.1 Å². The number of nitrogens with zero attached hydrogens (tertiary/aromatic N) is 3. The number of aromatic nitrogens is 2. The molecular weight excluding hydrogens is 521 g/mol. The molecule has 0 bridgehead atoms. The van der Waals surface area contributed by atoms with Crippen LogP contribution in [0.5, 0.6) is 11.6 Å². The number of aryl methyl sites for hydroxylation is 1. The highest BCUT2D eigenvalue weighted by Gasteiger charge is 2.34. The van der Waals surface area contributed by atoms with Crippen LogP contribution in [-0.2, 0) is 17.8 Å². The molecule has 2 heterocycles. The van der Waals surface area contributed by atoms with Gasteiger partial charge in [0.2, 0.25) is 5.88 Å². The van der Waals surface area contributed by atoms with Gasteiger partial charge in [-0.2, -0.15) is 5.10 Å². The van der Waals surface area contributed by atoms with Crippen LogP contribution in [0.25, 0.3) is 11.1 Å². The molecule has 5 rings (SSSR count). The van der Waals surface area contributed by atoms with E-state index in [1.807, 2.05) is 60.7 Å². The van der Waals surface area contributed by atoms with Crippen LogP contribution in [-0.4, -0.2) is 52.7 Å². The molecule has 1 aliphatic carbocycles. The first-order chi connectivity index (χ1) is 20.1. The van der Waals surface area contributed by atoms with E-state index in [2.05, 4.69) is 17.1 Å². The molecule has 0 N–H and O–H groups in total. The number of hydrogen-bond donors (Lipinski definition) is 0. The van der Waals surface area contributed by atoms with E-state index in [1.165, 1.54) is 24.2 Å². The molecule has 2 aliphatic rings. The predicted molar refractivity (Wildman–Crippen MR) is 156 cm³/mol. The van der Waals surface area contributed by atoms with Crippen molar-refractivity contribution in [3.63, 3.8) is 0 Å². The Labute approximate surface area is 242 Å². The van der Waals surface area contributed by atoms with Crippen LogP contribution in [0.15, 0.2) is 60.7 Å². The molecular formula is C33H40FN3O4. The zero-order chi connectivity index (χ0) is 28.4. The molecule has 0 spiro atoms. The molecule has 2 unspecified atom stereocenters. The SMILES string of the molecule is CCCCc1nnc(OC2CCN(C(=O)OCc3ccccc3)CC2F)cc1-c1ccc(OC2CCCCC2)cc1. The molecule has 3 aromatic rings. The fourth-order valence-corrected chi connectivity index (χ4v) is 5.47. The van der Waals surface area contributed by atoms with E-state index in [9.17, 15) is 4.79 Å². The summed E-state index contributed by atoms with van der Waals surface area (Å²) < 4.78 is 32.8. The molecule has 2 atom stereocenters. The third kappa shape index (κ3) is 7.96. The number of alkyl halides is 1. The number of carbonyl (C=O) groups is 1. The van der Waals surface area contributed by atoms with Gasteiger partial charge >= 0.3 is 6.09 Å². The number of hydrogen-bond acceptors (Lipinski definition) is 6. The number of benzene rings is 2. The summed E-state index contributed by atoms with van der Waals surface area (Å²) in [5, 5.41) is 8.77. The van der Waals surface area contributed by atoms with Gasteiger partial charge in [-0.3, -0.25) is 0 Å². The summed E-state index contributed by atoms with van der Waals surface area (Å²) in [6, 6.07) is 19.4. The average Bonchev–Trinajstić information content (AvgIpc) is 3.01. The van der Waals surface area contributed by atoms with E-state index < -0.39 is 18.4 Å². The number of amides is 1. The monoisotopic (exact) mass is 561 g/mol. The molecule has 1 saturated carbocycles. The van der Waals surface area contributed by atoms with E-state index in [1.54, 1.807) is 0 Å². The summed E-state index contributed by atoms with van der Waals surface area (Å²) >= 11 is 0. The lowest BCUT2D eigenvalue weighted by atomic mass is 9.97. The lowest BCUT2D eigenvalue weighted by Gasteiger charge is -2.33. The number of ether oxygens (including phenoxy) is 3. The normalized spacial score (nSPS) is 19.5. The number of halogens is 1. The van der Waals surface area contributed by atoms with Gasteiger partial charge in [0.1, 0.15) is 18.5 Å². The van der Waals surface area contributed by atoms with Crippen molar-refractivity contribution in [2.45, 2.75) is 89.7 Å². The van der Waals surface area contributed by atoms with E-state index in [-0.39, 0.29) is 19.0 Å². The summed E-state index contributed by atoms with van der Waals surface area (Å²) in [7, 11) is 0. The second-order valence-corrected chi connectivity index (χ2v) is 11.0. The minimum absolute atomic E-state index is 0.0877. The van der Waals surface area contributed by atoms with E-state index in [4.69, 9.17) is 14.2 Å². The lowest BCUT2D eigenvalue weighted by Crippen LogP contribution is -2.49. The Balaban J connectivity index is 1.22. The molecule has 1 amide bonds. The molecule has 8 heteroatoms. The highest BCUT2D eigenvalue weighted by Crippen LogP contribution is 2.31. The third-order valence-corrected chi connectivity index (χ3v) is 7.85. The van der Waals surface area contributed by atoms with Crippen LogP contribution in [0.3, 0.4) is 0 Å². The first kappa shape index (κ1) is 28.8. The van der Waals surface area contributed by atoms with E-state index in [0.717, 1.165) is 60.2 Å². The summed E-state index contributed by atoms with van der Waals surface area (Å²) in [6.45, 7) is 2.56. The average molecular weight is 562 g/mol. The Hall–Kier alpha value is -3.68. The van der Waals surface area contributed by atoms with Crippen LogP contribution >= 0.6 is 0 Å². The molecule has 2 fully saturated rings. The van der Waals surface area contributed by atoms with Crippen molar-refractivity contribution in [3.8, 4) is 22.8 Å². The van der Waals surface area contributed by atoms with Gasteiger partial charge in [-0.1, -0.05) is 62.2 Å². The van der Waals surface area contributed by atoms with Gasteiger partial charge in [0, 0.05) is 24.6 Å². The second-order valence-electron chi connectivity index (χ2n) is 11.0. The van der Waals surface area contributed by atoms with Gasteiger partial charge in [0.05, 0.1) is 18.3 Å². The minimum Gasteiger partial charge on any atom is -0.490 e. The summed E-state index contributed by atoms with van der Waals surface area (Å²) in [5.74, 6) is 1.17. The Kier molecular flexibility index (Phi) is 10.0. The van der Waals surface area contributed by atoms with Crippen LogP contribution < -0.4 is 9.47 Å². The second kappa shape index (κ2) is 14.3. The first-order valence-corrected chi connectivity index (χ1v) is 15.0. The quantitative estimate of drug-likeness (QED) is 0.258. The van der Waals surface area contributed by atoms with Crippen LogP contribution in [0, 0.1) is 0 Å². The van der Waals surface area contributed by atoms with Gasteiger partial charge in [0.15, 0.2) is 6.17 Å². The van der Waals surface area contributed by atoms with Crippen molar-refractivity contribution in [1.29, 1.82) is 0 Å². The molecule has 1 saturated heterocycles. The largest absolute Gasteiger partial charge is 0.490 e. The molecule has 218 valence electrons. The Morgan fingerprint density at radius 2 is 1.76 bits per heavy atom. The maximum atomic E-state index is 15.2. The molecule has 7 nitrogen and oxygen atoms in total. The number of carbonyl (C=O) groups excluding carboxylic acids is 1. The van der Waals surface area contributed by atoms with Gasteiger partial charge in [-0.05, 0) is 61.8 Å². The van der Waals surface area contributed by atoms with Crippen molar-refractivity contribution in [2.24, 2.45) is 0 Å². The van der Waals surface area contributed by atoms with E-state index >= 15 is 4.39 Å². The zero-order valence-electron chi connectivity index (χ0n) is 23.8. The van der Waals surface area contributed by atoms with Crippen LogP contribution in [0.2, 0.25) is 0 Å². The van der Waals surface area contributed by atoms with Crippen molar-refractivity contribution < 1.29 is 23.4 Å². The third-order valence-electron chi connectivity index (χ3n) is 7.85. The van der Waals surface area contributed by atoms with E-state index in [0.29, 0.717) is 19.1 Å². The number of likely N-dealkylation sites (tertiary alicyclic amines) is 1. The first-order valence-electron chi connectivity index (χ1n) is 15.0. The fourth-order valence-electron chi connectivity index (χ4n) is 5.47. The number of rotatable bonds is 10. The van der Waals surface area contributed by atoms with Gasteiger partial charge < -0.3 is 19.1 Å². The van der Waals surface area contributed by atoms with Crippen molar-refractivity contribution in [1.82, 2.24) is 15.1 Å². The van der Waals surface area contributed by atoms with Crippen LogP contribution in [0.1, 0.15) is 69.5 Å². The molecule has 1 aromatic heterocycles. The molecule has 41 heavy (non-hydrogen) atoms. The zero-order valence-corrected chi connectivity index (χ0v) is 23.8. The summed E-state index contributed by atoms with van der Waals surface area (Å²) in [6.07, 6.45) is 6.84. The Morgan fingerprint density at radius 3 is 2.49 bits per heavy atom. The highest BCUT2D eigenvalue weighted by atomic mass is 19.1. The number of piperidine rings is 1. The highest BCUT2D eigenvalue weighted by molar-refractivity contribution is 5.68. The Morgan fingerprint density at radius 1 is 0.976 bits per heavy atom. The summed E-state index contributed by atoms with van der Waals surface area (Å²) in [4.78, 5) is 13.9. The maximum absolute atomic E-state index is 15.2. The van der Waals surface area contributed by atoms with Crippen molar-refractivity contribution in [3.05, 3.63) is 71.9 Å². The van der Waals surface area contributed by atoms with Gasteiger partial charge in [-0.25, -0.2) is 9.18 Å². The van der Waals surface area contributed by atoms with Gasteiger partial charge in [-0.15, -0.1) is 5.10 Å². The van der Waals surface area contributed by atoms with Gasteiger partial charge in [0.25, 0.3) is 0 Å².